The molecule has 0 atom stereocenters. The van der Waals surface area contributed by atoms with Crippen molar-refractivity contribution in [2.45, 2.75) is 12.8 Å². The third-order valence-corrected chi connectivity index (χ3v) is 3.93. The molecule has 0 bridgehead atoms. The van der Waals surface area contributed by atoms with Crippen molar-refractivity contribution in [2.75, 3.05) is 26.3 Å². The van der Waals surface area contributed by atoms with Crippen LogP contribution < -0.4 is 0 Å². The van der Waals surface area contributed by atoms with E-state index < -0.39 is 0 Å². The number of nitrogens with zero attached hydrogens (tertiary/aromatic N) is 2. The van der Waals surface area contributed by atoms with Crippen molar-refractivity contribution < 1.29 is 18.5 Å². The summed E-state index contributed by atoms with van der Waals surface area (Å²) in [6.07, 6.45) is 8.51. The number of terminal acetylenes is 1. The van der Waals surface area contributed by atoms with E-state index in [1.165, 1.54) is 0 Å². The number of rotatable bonds is 5. The SMILES string of the molecule is C#CCOCC1CCN(C(=O)c2cc(-c3ccco3)on2)CC1. The van der Waals surface area contributed by atoms with Gasteiger partial charge in [-0.1, -0.05) is 11.1 Å². The van der Waals surface area contributed by atoms with Crippen LogP contribution in [0, 0.1) is 18.3 Å². The molecule has 1 fully saturated rings. The number of hydrogen-bond acceptors (Lipinski definition) is 5. The fourth-order valence-electron chi connectivity index (χ4n) is 2.66. The number of furan rings is 1. The van der Waals surface area contributed by atoms with Crippen LogP contribution in [-0.2, 0) is 4.74 Å². The Morgan fingerprint density at radius 3 is 2.96 bits per heavy atom. The molecular formula is C17H18N2O4. The van der Waals surface area contributed by atoms with E-state index in [9.17, 15) is 4.79 Å². The highest BCUT2D eigenvalue weighted by molar-refractivity contribution is 5.93. The first-order chi connectivity index (χ1) is 11.3. The van der Waals surface area contributed by atoms with Gasteiger partial charge in [0.15, 0.2) is 11.5 Å². The fourth-order valence-corrected chi connectivity index (χ4v) is 2.66. The first kappa shape index (κ1) is 15.4. The van der Waals surface area contributed by atoms with E-state index in [1.54, 1.807) is 29.4 Å². The molecular weight excluding hydrogens is 296 g/mol. The third kappa shape index (κ3) is 3.63. The number of hydrogen-bond donors (Lipinski definition) is 0. The van der Waals surface area contributed by atoms with Crippen molar-refractivity contribution in [1.29, 1.82) is 0 Å². The molecule has 3 rings (SSSR count). The van der Waals surface area contributed by atoms with Gasteiger partial charge in [0.05, 0.1) is 12.9 Å². The molecule has 0 radical (unpaired) electrons. The number of carbonyl (C=O) groups excluding carboxylic acids is 1. The van der Waals surface area contributed by atoms with Crippen LogP contribution in [0.3, 0.4) is 0 Å². The maximum atomic E-state index is 12.5. The molecule has 1 saturated heterocycles. The first-order valence-electron chi connectivity index (χ1n) is 7.59. The topological polar surface area (TPSA) is 68.7 Å². The summed E-state index contributed by atoms with van der Waals surface area (Å²) in [5.74, 6) is 3.80. The highest BCUT2D eigenvalue weighted by atomic mass is 16.5. The van der Waals surface area contributed by atoms with Gasteiger partial charge in [-0.15, -0.1) is 6.42 Å². The van der Waals surface area contributed by atoms with Gasteiger partial charge in [-0.2, -0.15) is 0 Å². The first-order valence-corrected chi connectivity index (χ1v) is 7.59. The van der Waals surface area contributed by atoms with E-state index in [2.05, 4.69) is 11.1 Å². The van der Waals surface area contributed by atoms with Crippen LogP contribution >= 0.6 is 0 Å². The van der Waals surface area contributed by atoms with Gasteiger partial charge in [-0.3, -0.25) is 4.79 Å². The van der Waals surface area contributed by atoms with Crippen LogP contribution in [0.2, 0.25) is 0 Å². The molecule has 23 heavy (non-hydrogen) atoms. The molecule has 3 heterocycles. The van der Waals surface area contributed by atoms with Gasteiger partial charge in [-0.25, -0.2) is 0 Å². The van der Waals surface area contributed by atoms with Crippen molar-refractivity contribution >= 4 is 5.91 Å². The normalized spacial score (nSPS) is 15.5. The molecule has 1 aliphatic rings. The lowest BCUT2D eigenvalue weighted by molar-refractivity contribution is 0.0573. The molecule has 0 N–H and O–H groups in total. The third-order valence-electron chi connectivity index (χ3n) is 3.93. The summed E-state index contributed by atoms with van der Waals surface area (Å²) in [5, 5.41) is 3.85. The number of piperidine rings is 1. The monoisotopic (exact) mass is 314 g/mol. The van der Waals surface area contributed by atoms with E-state index in [0.29, 0.717) is 49.4 Å². The summed E-state index contributed by atoms with van der Waals surface area (Å²) in [7, 11) is 0. The maximum absolute atomic E-state index is 12.5. The number of carbonyl (C=O) groups is 1. The van der Waals surface area contributed by atoms with Gasteiger partial charge in [-0.05, 0) is 30.9 Å². The van der Waals surface area contributed by atoms with E-state index in [1.807, 2.05) is 0 Å². The van der Waals surface area contributed by atoms with Gasteiger partial charge >= 0.3 is 0 Å². The molecule has 6 heteroatoms. The van der Waals surface area contributed by atoms with E-state index in [-0.39, 0.29) is 5.91 Å². The van der Waals surface area contributed by atoms with E-state index in [4.69, 9.17) is 20.1 Å². The lowest BCUT2D eigenvalue weighted by atomic mass is 9.97. The Labute approximate surface area is 134 Å². The van der Waals surface area contributed by atoms with Crippen molar-refractivity contribution in [2.24, 2.45) is 5.92 Å². The highest BCUT2D eigenvalue weighted by Crippen LogP contribution is 2.23. The Hall–Kier alpha value is -2.52. The molecule has 2 aromatic rings. The number of ether oxygens (including phenoxy) is 1. The van der Waals surface area contributed by atoms with Crippen LogP contribution in [-0.4, -0.2) is 42.3 Å². The zero-order valence-corrected chi connectivity index (χ0v) is 12.7. The zero-order chi connectivity index (χ0) is 16.1. The van der Waals surface area contributed by atoms with Gasteiger partial charge < -0.3 is 18.6 Å². The summed E-state index contributed by atoms with van der Waals surface area (Å²) in [6, 6.07) is 5.13. The second-order valence-corrected chi connectivity index (χ2v) is 5.51. The molecule has 1 aliphatic heterocycles. The largest absolute Gasteiger partial charge is 0.461 e. The lowest BCUT2D eigenvalue weighted by Gasteiger charge is -2.31. The van der Waals surface area contributed by atoms with Gasteiger partial charge in [0.2, 0.25) is 5.76 Å². The summed E-state index contributed by atoms with van der Waals surface area (Å²) in [6.45, 7) is 2.37. The Balaban J connectivity index is 1.55. The van der Waals surface area contributed by atoms with Crippen molar-refractivity contribution in [1.82, 2.24) is 10.1 Å². The van der Waals surface area contributed by atoms with Crippen molar-refractivity contribution in [3.8, 4) is 23.9 Å². The zero-order valence-electron chi connectivity index (χ0n) is 12.7. The predicted octanol–water partition coefficient (Wildman–Crippen LogP) is 2.44. The minimum absolute atomic E-state index is 0.116. The Kier molecular flexibility index (Phi) is 4.79. The molecule has 0 unspecified atom stereocenters. The summed E-state index contributed by atoms with van der Waals surface area (Å²) in [4.78, 5) is 14.3. The molecule has 1 amide bonds. The van der Waals surface area contributed by atoms with Gasteiger partial charge in [0.1, 0.15) is 6.61 Å². The lowest BCUT2D eigenvalue weighted by Crippen LogP contribution is -2.39. The van der Waals surface area contributed by atoms with Crippen LogP contribution in [0.1, 0.15) is 23.3 Å². The van der Waals surface area contributed by atoms with Gasteiger partial charge in [0, 0.05) is 19.2 Å². The van der Waals surface area contributed by atoms with Crippen LogP contribution in [0.5, 0.6) is 0 Å². The molecule has 120 valence electrons. The minimum Gasteiger partial charge on any atom is -0.461 e. The van der Waals surface area contributed by atoms with Crippen LogP contribution in [0.15, 0.2) is 33.4 Å². The van der Waals surface area contributed by atoms with E-state index in [0.717, 1.165) is 12.8 Å². The Bertz CT molecular complexity index is 676. The van der Waals surface area contributed by atoms with E-state index >= 15 is 0 Å². The molecule has 2 aromatic heterocycles. The number of amides is 1. The maximum Gasteiger partial charge on any atom is 0.276 e. The standard InChI is InChI=1S/C17H18N2O4/c1-2-9-21-12-13-5-7-19(8-6-13)17(20)14-11-16(23-18-14)15-4-3-10-22-15/h1,3-4,10-11,13H,5-9,12H2. The summed E-state index contributed by atoms with van der Waals surface area (Å²) < 4.78 is 15.8. The van der Waals surface area contributed by atoms with Crippen molar-refractivity contribution in [3.05, 3.63) is 30.2 Å². The second kappa shape index (κ2) is 7.16. The molecule has 0 aliphatic carbocycles. The van der Waals surface area contributed by atoms with Crippen molar-refractivity contribution in [3.63, 3.8) is 0 Å². The highest BCUT2D eigenvalue weighted by Gasteiger charge is 2.26. The summed E-state index contributed by atoms with van der Waals surface area (Å²) >= 11 is 0. The average Bonchev–Trinajstić information content (AvgIpc) is 3.26. The second-order valence-electron chi connectivity index (χ2n) is 5.51. The number of aromatic nitrogens is 1. The molecule has 6 nitrogen and oxygen atoms in total. The Morgan fingerprint density at radius 2 is 2.26 bits per heavy atom. The molecule has 0 aromatic carbocycles. The van der Waals surface area contributed by atoms with Crippen LogP contribution in [0.25, 0.3) is 11.5 Å². The minimum atomic E-state index is -0.116. The smallest absolute Gasteiger partial charge is 0.276 e. The number of likely N-dealkylation sites (tertiary alicyclic amines) is 1. The summed E-state index contributed by atoms with van der Waals surface area (Å²) in [5.41, 5.74) is 0.304. The molecule has 0 spiro atoms. The van der Waals surface area contributed by atoms with Gasteiger partial charge in [0.25, 0.3) is 5.91 Å². The Morgan fingerprint density at radius 1 is 1.43 bits per heavy atom. The molecule has 0 saturated carbocycles. The average molecular weight is 314 g/mol. The predicted molar refractivity (Wildman–Crippen MR) is 82.5 cm³/mol. The fraction of sp³-hybridized carbons (Fsp3) is 0.412. The quantitative estimate of drug-likeness (QED) is 0.626. The van der Waals surface area contributed by atoms with Crippen LogP contribution in [0.4, 0.5) is 0 Å².